The molecule has 0 radical (unpaired) electrons. The van der Waals surface area contributed by atoms with Crippen molar-refractivity contribution in [2.24, 2.45) is 11.8 Å². The third-order valence-corrected chi connectivity index (χ3v) is 2.80. The highest BCUT2D eigenvalue weighted by molar-refractivity contribution is 6.35. The molecule has 0 saturated heterocycles. The second-order valence-electron chi connectivity index (χ2n) is 5.95. The quantitative estimate of drug-likeness (QED) is 0.477. The molecule has 8 heteroatoms. The SMILES string of the molecule is CC(C)C[C@@H](NC(=O)C(=O)N[C@H](CC(C)C)C(=O)[O-])C(=O)[O-]. The Morgan fingerprint density at radius 2 is 1.00 bits per heavy atom. The maximum Gasteiger partial charge on any atom is 0.309 e. The molecule has 0 saturated carbocycles. The lowest BCUT2D eigenvalue weighted by molar-refractivity contribution is -0.310. The van der Waals surface area contributed by atoms with Gasteiger partial charge >= 0.3 is 11.8 Å². The molecule has 2 amide bonds. The van der Waals surface area contributed by atoms with Gasteiger partial charge in [0.05, 0.1) is 24.0 Å². The molecule has 0 aliphatic carbocycles. The van der Waals surface area contributed by atoms with Crippen molar-refractivity contribution < 1.29 is 29.4 Å². The normalized spacial score (nSPS) is 13.5. The summed E-state index contributed by atoms with van der Waals surface area (Å²) in [5.74, 6) is -5.52. The molecule has 2 atom stereocenters. The molecule has 126 valence electrons. The molecule has 8 nitrogen and oxygen atoms in total. The van der Waals surface area contributed by atoms with Gasteiger partial charge in [0, 0.05) is 0 Å². The molecule has 0 aromatic carbocycles. The van der Waals surface area contributed by atoms with Crippen molar-refractivity contribution in [1.29, 1.82) is 0 Å². The monoisotopic (exact) mass is 314 g/mol. The van der Waals surface area contributed by atoms with E-state index in [4.69, 9.17) is 0 Å². The minimum Gasteiger partial charge on any atom is -0.548 e. The number of carbonyl (C=O) groups is 4. The summed E-state index contributed by atoms with van der Waals surface area (Å²) in [4.78, 5) is 45.1. The van der Waals surface area contributed by atoms with E-state index in [1.165, 1.54) is 0 Å². The Hall–Kier alpha value is -2.12. The third-order valence-electron chi connectivity index (χ3n) is 2.80. The van der Waals surface area contributed by atoms with E-state index in [2.05, 4.69) is 0 Å². The van der Waals surface area contributed by atoms with E-state index in [1.807, 2.05) is 10.6 Å². The summed E-state index contributed by atoms with van der Waals surface area (Å²) < 4.78 is 0. The summed E-state index contributed by atoms with van der Waals surface area (Å²) in [6, 6.07) is -2.63. The molecule has 2 N–H and O–H groups in total. The van der Waals surface area contributed by atoms with E-state index in [9.17, 15) is 29.4 Å². The first-order valence-corrected chi connectivity index (χ1v) is 7.07. The molecule has 0 rings (SSSR count). The van der Waals surface area contributed by atoms with Crippen molar-refractivity contribution in [1.82, 2.24) is 10.6 Å². The van der Waals surface area contributed by atoms with E-state index in [1.54, 1.807) is 27.7 Å². The van der Waals surface area contributed by atoms with Gasteiger partial charge < -0.3 is 30.4 Å². The summed E-state index contributed by atoms with van der Waals surface area (Å²) in [5, 5.41) is 25.9. The first-order valence-electron chi connectivity index (χ1n) is 7.07. The van der Waals surface area contributed by atoms with Crippen LogP contribution in [0.2, 0.25) is 0 Å². The Bertz CT molecular complexity index is 393. The van der Waals surface area contributed by atoms with Crippen LogP contribution in [0, 0.1) is 11.8 Å². The highest BCUT2D eigenvalue weighted by atomic mass is 16.4. The van der Waals surface area contributed by atoms with Gasteiger partial charge in [0.15, 0.2) is 0 Å². The van der Waals surface area contributed by atoms with E-state index >= 15 is 0 Å². The number of carboxylic acids is 2. The highest BCUT2D eigenvalue weighted by Crippen LogP contribution is 2.05. The minimum atomic E-state index is -1.51. The van der Waals surface area contributed by atoms with Crippen LogP contribution >= 0.6 is 0 Å². The first-order chi connectivity index (χ1) is 10.0. The number of hydrogen-bond acceptors (Lipinski definition) is 6. The standard InChI is InChI=1S/C14H24N2O6/c1-7(2)5-9(13(19)20)15-11(17)12(18)16-10(14(21)22)6-8(3)4/h7-10H,5-6H2,1-4H3,(H,15,17)(H,16,18)(H,19,20)(H,21,22)/p-2/t9-,10-/m1/s1. The van der Waals surface area contributed by atoms with Crippen LogP contribution in [0.3, 0.4) is 0 Å². The van der Waals surface area contributed by atoms with Crippen molar-refractivity contribution in [2.45, 2.75) is 52.6 Å². The number of carboxylic acid groups (broad SMARTS) is 2. The molecule has 0 spiro atoms. The van der Waals surface area contributed by atoms with E-state index in [-0.39, 0.29) is 24.7 Å². The molecule has 0 heterocycles. The van der Waals surface area contributed by atoms with E-state index in [0.29, 0.717) is 0 Å². The predicted octanol–water partition coefficient (Wildman–Crippen LogP) is -2.45. The highest BCUT2D eigenvalue weighted by Gasteiger charge is 2.23. The molecule has 0 fully saturated rings. The molecular formula is C14H22N2O6-2. The summed E-state index contributed by atoms with van der Waals surface area (Å²) in [5.41, 5.74) is 0. The maximum atomic E-state index is 11.7. The summed E-state index contributed by atoms with van der Waals surface area (Å²) in [7, 11) is 0. The van der Waals surface area contributed by atoms with E-state index < -0.39 is 35.8 Å². The van der Waals surface area contributed by atoms with E-state index in [0.717, 1.165) is 0 Å². The number of rotatable bonds is 8. The zero-order valence-electron chi connectivity index (χ0n) is 13.2. The molecule has 0 aliphatic rings. The lowest BCUT2D eigenvalue weighted by Gasteiger charge is -2.23. The fourth-order valence-corrected chi connectivity index (χ4v) is 1.82. The van der Waals surface area contributed by atoms with Crippen molar-refractivity contribution in [3.8, 4) is 0 Å². The molecular weight excluding hydrogens is 292 g/mol. The minimum absolute atomic E-state index is 0.0387. The zero-order chi connectivity index (χ0) is 17.4. The van der Waals surface area contributed by atoms with Gasteiger partial charge in [-0.1, -0.05) is 27.7 Å². The molecule has 22 heavy (non-hydrogen) atoms. The van der Waals surface area contributed by atoms with Crippen LogP contribution in [-0.2, 0) is 19.2 Å². The van der Waals surface area contributed by atoms with Crippen molar-refractivity contribution in [2.75, 3.05) is 0 Å². The largest absolute Gasteiger partial charge is 0.548 e. The lowest BCUT2D eigenvalue weighted by Crippen LogP contribution is -2.56. The summed E-state index contributed by atoms with van der Waals surface area (Å²) in [6.07, 6.45) is 0.189. The van der Waals surface area contributed by atoms with Gasteiger partial charge in [0.25, 0.3) is 0 Å². The van der Waals surface area contributed by atoms with Crippen LogP contribution in [0.4, 0.5) is 0 Å². The number of hydrogen-bond donors (Lipinski definition) is 2. The van der Waals surface area contributed by atoms with Crippen LogP contribution in [0.5, 0.6) is 0 Å². The number of aliphatic carboxylic acids is 2. The van der Waals surface area contributed by atoms with Gasteiger partial charge in [-0.15, -0.1) is 0 Å². The second-order valence-corrected chi connectivity index (χ2v) is 5.95. The Labute approximate surface area is 129 Å². The van der Waals surface area contributed by atoms with Crippen LogP contribution in [0.15, 0.2) is 0 Å². The van der Waals surface area contributed by atoms with Crippen LogP contribution < -0.4 is 20.8 Å². The van der Waals surface area contributed by atoms with Crippen LogP contribution in [0.25, 0.3) is 0 Å². The lowest BCUT2D eigenvalue weighted by atomic mass is 10.0. The van der Waals surface area contributed by atoms with Crippen molar-refractivity contribution in [3.63, 3.8) is 0 Å². The maximum absolute atomic E-state index is 11.7. The van der Waals surface area contributed by atoms with Gasteiger partial charge in [0.1, 0.15) is 0 Å². The first kappa shape index (κ1) is 19.9. The van der Waals surface area contributed by atoms with Gasteiger partial charge in [-0.2, -0.15) is 0 Å². The fraction of sp³-hybridized carbons (Fsp3) is 0.714. The van der Waals surface area contributed by atoms with Crippen molar-refractivity contribution >= 4 is 23.8 Å². The number of carbonyl (C=O) groups excluding carboxylic acids is 4. The van der Waals surface area contributed by atoms with Gasteiger partial charge in [-0.25, -0.2) is 0 Å². The van der Waals surface area contributed by atoms with Gasteiger partial charge in [-0.3, -0.25) is 9.59 Å². The smallest absolute Gasteiger partial charge is 0.309 e. The zero-order valence-corrected chi connectivity index (χ0v) is 13.2. The predicted molar refractivity (Wildman–Crippen MR) is 72.8 cm³/mol. The molecule has 0 aromatic heterocycles. The average Bonchev–Trinajstić information content (AvgIpc) is 2.35. The topological polar surface area (TPSA) is 138 Å². The third kappa shape index (κ3) is 7.61. The molecule has 0 aromatic rings. The van der Waals surface area contributed by atoms with Gasteiger partial charge in [-0.05, 0) is 24.7 Å². The Balaban J connectivity index is 4.72. The van der Waals surface area contributed by atoms with Crippen molar-refractivity contribution in [3.05, 3.63) is 0 Å². The average molecular weight is 314 g/mol. The van der Waals surface area contributed by atoms with Gasteiger partial charge in [0.2, 0.25) is 0 Å². The molecule has 0 unspecified atom stereocenters. The number of amides is 2. The number of nitrogens with one attached hydrogen (secondary N) is 2. The fourth-order valence-electron chi connectivity index (χ4n) is 1.82. The summed E-state index contributed by atoms with van der Waals surface area (Å²) in [6.45, 7) is 6.99. The Morgan fingerprint density at radius 1 is 0.727 bits per heavy atom. The van der Waals surface area contributed by atoms with Crippen LogP contribution in [0.1, 0.15) is 40.5 Å². The molecule has 0 aliphatic heterocycles. The summed E-state index contributed by atoms with van der Waals surface area (Å²) >= 11 is 0. The molecule has 0 bridgehead atoms. The Morgan fingerprint density at radius 3 is 1.18 bits per heavy atom. The van der Waals surface area contributed by atoms with Crippen LogP contribution in [-0.4, -0.2) is 35.8 Å². The Kier molecular flexibility index (Phi) is 8.14. The second kappa shape index (κ2) is 9.01.